The second-order valence-electron chi connectivity index (χ2n) is 2.67. The van der Waals surface area contributed by atoms with Gasteiger partial charge in [-0.05, 0) is 20.3 Å². The Hall–Kier alpha value is -0.790. The number of hydrogen-bond donors (Lipinski definition) is 0. The summed E-state index contributed by atoms with van der Waals surface area (Å²) in [5.41, 5.74) is -0.418. The van der Waals surface area contributed by atoms with E-state index in [1.54, 1.807) is 0 Å². The van der Waals surface area contributed by atoms with E-state index in [0.29, 0.717) is 0 Å². The molecule has 0 aliphatic heterocycles. The molecule has 11 heavy (non-hydrogen) atoms. The van der Waals surface area contributed by atoms with Crippen molar-refractivity contribution < 1.29 is 9.53 Å². The highest BCUT2D eigenvalue weighted by Crippen LogP contribution is 2.18. The van der Waals surface area contributed by atoms with E-state index in [0.717, 1.165) is 12.5 Å². The average molecular weight is 154 g/mol. The molecule has 0 fully saturated rings. The predicted molar refractivity (Wildman–Crippen MR) is 44.6 cm³/mol. The largest absolute Gasteiger partial charge is 0.462 e. The highest BCUT2D eigenvalue weighted by molar-refractivity contribution is 5.81. The van der Waals surface area contributed by atoms with Crippen molar-refractivity contribution in [3.63, 3.8) is 0 Å². The lowest BCUT2D eigenvalue weighted by molar-refractivity contribution is -0.139. The van der Waals surface area contributed by atoms with Gasteiger partial charge in [-0.2, -0.15) is 0 Å². The molecule has 62 valence electrons. The molecule has 2 nitrogen and oxygen atoms in total. The minimum atomic E-state index is -0.421. The van der Waals surface area contributed by atoms with Gasteiger partial charge in [0.15, 0.2) is 0 Å². The maximum atomic E-state index is 10.6. The zero-order valence-electron chi connectivity index (χ0n) is 6.93. The Morgan fingerprint density at radius 3 is 2.55 bits per heavy atom. The van der Waals surface area contributed by atoms with E-state index in [1.165, 1.54) is 0 Å². The van der Waals surface area contributed by atoms with Crippen molar-refractivity contribution in [1.82, 2.24) is 0 Å². The quantitative estimate of drug-likeness (QED) is 0.455. The van der Waals surface area contributed by atoms with E-state index in [1.807, 2.05) is 6.92 Å². The lowest BCUT2D eigenvalue weighted by Gasteiger charge is -2.20. The SMILES string of the molecule is [CH2]C([CH2])(CC)COC(=O)C=C. The fourth-order valence-electron chi connectivity index (χ4n) is 0.385. The minimum Gasteiger partial charge on any atom is -0.462 e. The van der Waals surface area contributed by atoms with Crippen LogP contribution in [0, 0.1) is 19.3 Å². The summed E-state index contributed by atoms with van der Waals surface area (Å²) in [6.07, 6.45) is 1.91. The van der Waals surface area contributed by atoms with E-state index in [-0.39, 0.29) is 6.61 Å². The number of rotatable bonds is 4. The van der Waals surface area contributed by atoms with Gasteiger partial charge >= 0.3 is 5.97 Å². The average Bonchev–Trinajstić information content (AvgIpc) is 2.00. The number of ether oxygens (including phenoxy) is 1. The smallest absolute Gasteiger partial charge is 0.330 e. The molecule has 0 N–H and O–H groups in total. The van der Waals surface area contributed by atoms with Gasteiger partial charge in [-0.1, -0.05) is 13.5 Å². The Morgan fingerprint density at radius 1 is 1.64 bits per heavy atom. The summed E-state index contributed by atoms with van der Waals surface area (Å²) in [7, 11) is 0. The molecule has 0 atom stereocenters. The lowest BCUT2D eigenvalue weighted by Crippen LogP contribution is -2.20. The normalized spacial score (nSPS) is 10.8. The van der Waals surface area contributed by atoms with Crippen LogP contribution in [0.1, 0.15) is 13.3 Å². The first kappa shape index (κ1) is 10.2. The van der Waals surface area contributed by atoms with Crippen molar-refractivity contribution in [2.45, 2.75) is 13.3 Å². The summed E-state index contributed by atoms with van der Waals surface area (Å²) in [6, 6.07) is 0. The Morgan fingerprint density at radius 2 is 2.18 bits per heavy atom. The molecule has 0 aromatic heterocycles. The van der Waals surface area contributed by atoms with Gasteiger partial charge in [-0.15, -0.1) is 0 Å². The fraction of sp³-hybridized carbons (Fsp3) is 0.444. The summed E-state index contributed by atoms with van der Waals surface area (Å²) < 4.78 is 4.76. The van der Waals surface area contributed by atoms with Crippen LogP contribution in [0.2, 0.25) is 0 Å². The highest BCUT2D eigenvalue weighted by atomic mass is 16.5. The Kier molecular flexibility index (Phi) is 3.86. The summed E-state index contributed by atoms with van der Waals surface area (Å²) in [6.45, 7) is 13.0. The Labute approximate surface area is 68.2 Å². The standard InChI is InChI=1S/C9H14O2/c1-5-8(10)11-7-9(3,4)6-2/h5H,1,3-4,6-7H2,2H3. The van der Waals surface area contributed by atoms with E-state index in [4.69, 9.17) is 4.74 Å². The third kappa shape index (κ3) is 4.59. The molecular weight excluding hydrogens is 140 g/mol. The molecule has 0 saturated carbocycles. The molecule has 0 aromatic rings. The summed E-state index contributed by atoms with van der Waals surface area (Å²) in [4.78, 5) is 10.6. The molecular formula is C9H14O2. The van der Waals surface area contributed by atoms with Gasteiger partial charge in [-0.3, -0.25) is 0 Å². The number of carbonyl (C=O) groups excluding carboxylic acids is 1. The van der Waals surface area contributed by atoms with Crippen LogP contribution in [0.15, 0.2) is 12.7 Å². The predicted octanol–water partition coefficient (Wildman–Crippen LogP) is 1.78. The molecule has 2 heteroatoms. The van der Waals surface area contributed by atoms with Gasteiger partial charge in [0, 0.05) is 11.5 Å². The number of carbonyl (C=O) groups is 1. The van der Waals surface area contributed by atoms with Crippen molar-refractivity contribution in [3.05, 3.63) is 26.5 Å². The van der Waals surface area contributed by atoms with Crippen LogP contribution in [-0.4, -0.2) is 12.6 Å². The maximum Gasteiger partial charge on any atom is 0.330 e. The van der Waals surface area contributed by atoms with Crippen molar-refractivity contribution in [1.29, 1.82) is 0 Å². The molecule has 2 radical (unpaired) electrons. The lowest BCUT2D eigenvalue weighted by atomic mass is 9.92. The zero-order valence-corrected chi connectivity index (χ0v) is 6.93. The first-order chi connectivity index (χ1) is 5.02. The third-order valence-corrected chi connectivity index (χ3v) is 1.44. The van der Waals surface area contributed by atoms with Gasteiger partial charge in [0.05, 0.1) is 6.61 Å². The van der Waals surface area contributed by atoms with Crippen LogP contribution >= 0.6 is 0 Å². The van der Waals surface area contributed by atoms with Crippen LogP contribution in [-0.2, 0) is 9.53 Å². The molecule has 0 spiro atoms. The second kappa shape index (κ2) is 4.16. The summed E-state index contributed by atoms with van der Waals surface area (Å²) in [5.74, 6) is -0.421. The van der Waals surface area contributed by atoms with Gasteiger partial charge in [0.2, 0.25) is 0 Å². The van der Waals surface area contributed by atoms with Crippen molar-refractivity contribution in [3.8, 4) is 0 Å². The number of esters is 1. The molecule has 0 rings (SSSR count). The molecule has 0 saturated heterocycles. The first-order valence-corrected chi connectivity index (χ1v) is 3.52. The van der Waals surface area contributed by atoms with Crippen molar-refractivity contribution in [2.75, 3.05) is 6.61 Å². The van der Waals surface area contributed by atoms with Crippen LogP contribution < -0.4 is 0 Å². The van der Waals surface area contributed by atoms with Crippen LogP contribution in [0.3, 0.4) is 0 Å². The molecule has 0 unspecified atom stereocenters. The zero-order chi connectivity index (χ0) is 8.91. The van der Waals surface area contributed by atoms with E-state index in [2.05, 4.69) is 20.4 Å². The molecule has 0 bridgehead atoms. The molecule has 0 aromatic carbocycles. The van der Waals surface area contributed by atoms with Crippen LogP contribution in [0.5, 0.6) is 0 Å². The van der Waals surface area contributed by atoms with E-state index in [9.17, 15) is 4.79 Å². The Bertz CT molecular complexity index is 148. The fourth-order valence-corrected chi connectivity index (χ4v) is 0.385. The molecule has 0 amide bonds. The number of hydrogen-bond acceptors (Lipinski definition) is 2. The van der Waals surface area contributed by atoms with Crippen molar-refractivity contribution >= 4 is 5.97 Å². The van der Waals surface area contributed by atoms with Crippen LogP contribution in [0.4, 0.5) is 0 Å². The molecule has 0 aliphatic carbocycles. The van der Waals surface area contributed by atoms with Gasteiger partial charge < -0.3 is 4.74 Å². The van der Waals surface area contributed by atoms with Gasteiger partial charge in [0.1, 0.15) is 0 Å². The third-order valence-electron chi connectivity index (χ3n) is 1.44. The monoisotopic (exact) mass is 154 g/mol. The summed E-state index contributed by atoms with van der Waals surface area (Å²) >= 11 is 0. The Balaban J connectivity index is 3.69. The first-order valence-electron chi connectivity index (χ1n) is 3.52. The second-order valence-corrected chi connectivity index (χ2v) is 2.67. The topological polar surface area (TPSA) is 26.3 Å². The molecule has 0 heterocycles. The highest BCUT2D eigenvalue weighted by Gasteiger charge is 2.16. The van der Waals surface area contributed by atoms with E-state index >= 15 is 0 Å². The van der Waals surface area contributed by atoms with E-state index < -0.39 is 11.4 Å². The molecule has 0 aliphatic rings. The summed E-state index contributed by atoms with van der Waals surface area (Å²) in [5, 5.41) is 0. The maximum absolute atomic E-state index is 10.6. The minimum absolute atomic E-state index is 0.244. The van der Waals surface area contributed by atoms with Gasteiger partial charge in [0.25, 0.3) is 0 Å². The van der Waals surface area contributed by atoms with Crippen molar-refractivity contribution in [2.24, 2.45) is 5.41 Å². The van der Waals surface area contributed by atoms with Crippen LogP contribution in [0.25, 0.3) is 0 Å². The van der Waals surface area contributed by atoms with Gasteiger partial charge in [-0.25, -0.2) is 4.79 Å².